The van der Waals surface area contributed by atoms with Crippen LogP contribution in [0.25, 0.3) is 0 Å². The van der Waals surface area contributed by atoms with Gasteiger partial charge < -0.3 is 5.32 Å². The summed E-state index contributed by atoms with van der Waals surface area (Å²) in [6.07, 6.45) is -4.86. The number of urea groups is 1. The molecule has 0 aliphatic carbocycles. The first kappa shape index (κ1) is 18.3. The number of anilines is 1. The molecule has 3 rings (SSSR count). The monoisotopic (exact) mass is 380 g/mol. The van der Waals surface area contributed by atoms with Crippen molar-refractivity contribution in [2.45, 2.75) is 24.9 Å². The maximum atomic E-state index is 13.9. The fourth-order valence-corrected chi connectivity index (χ4v) is 3.67. The number of nitrogens with zero attached hydrogens (tertiary/aromatic N) is 1. The van der Waals surface area contributed by atoms with Gasteiger partial charge in [0.2, 0.25) is 4.87 Å². The van der Waals surface area contributed by atoms with Gasteiger partial charge in [-0.2, -0.15) is 13.2 Å². The van der Waals surface area contributed by atoms with Gasteiger partial charge in [0.15, 0.2) is 0 Å². The Morgan fingerprint density at radius 1 is 0.923 bits per heavy atom. The van der Waals surface area contributed by atoms with E-state index in [2.05, 4.69) is 0 Å². The van der Waals surface area contributed by atoms with Crippen molar-refractivity contribution in [2.75, 3.05) is 4.90 Å². The average Bonchev–Trinajstić information content (AvgIpc) is 2.55. The van der Waals surface area contributed by atoms with Crippen molar-refractivity contribution in [3.05, 3.63) is 65.2 Å². The van der Waals surface area contributed by atoms with E-state index in [0.717, 1.165) is 11.1 Å². The summed E-state index contributed by atoms with van der Waals surface area (Å²) < 4.78 is 41.7. The molecular formula is C18H15F3N2O2S. The Hall–Kier alpha value is -2.48. The van der Waals surface area contributed by atoms with Crippen LogP contribution in [0.4, 0.5) is 28.4 Å². The fraction of sp³-hybridized carbons (Fsp3) is 0.222. The maximum Gasteiger partial charge on any atom is 0.426 e. The quantitative estimate of drug-likeness (QED) is 0.788. The second-order valence-corrected chi connectivity index (χ2v) is 7.18. The van der Waals surface area contributed by atoms with E-state index >= 15 is 0 Å². The van der Waals surface area contributed by atoms with Gasteiger partial charge in [0.05, 0.1) is 5.69 Å². The molecular weight excluding hydrogens is 365 g/mol. The molecule has 0 spiro atoms. The van der Waals surface area contributed by atoms with E-state index in [1.54, 1.807) is 19.1 Å². The Morgan fingerprint density at radius 2 is 1.42 bits per heavy atom. The minimum Gasteiger partial charge on any atom is -0.310 e. The predicted octanol–water partition coefficient (Wildman–Crippen LogP) is 5.10. The minimum absolute atomic E-state index is 0.0407. The van der Waals surface area contributed by atoms with Crippen LogP contribution in [0, 0.1) is 13.8 Å². The molecule has 8 heteroatoms. The highest BCUT2D eigenvalue weighted by Gasteiger charge is 2.62. The molecule has 1 atom stereocenters. The molecule has 1 heterocycles. The van der Waals surface area contributed by atoms with Crippen LogP contribution in [-0.4, -0.2) is 17.4 Å². The smallest absolute Gasteiger partial charge is 0.310 e. The number of benzene rings is 2. The number of imide groups is 1. The first-order valence-electron chi connectivity index (χ1n) is 7.70. The van der Waals surface area contributed by atoms with Crippen molar-refractivity contribution in [3.8, 4) is 0 Å². The molecule has 0 aromatic heterocycles. The largest absolute Gasteiger partial charge is 0.426 e. The van der Waals surface area contributed by atoms with Crippen molar-refractivity contribution >= 4 is 28.7 Å². The highest BCUT2D eigenvalue weighted by atomic mass is 32.2. The van der Waals surface area contributed by atoms with E-state index in [0.29, 0.717) is 4.90 Å². The topological polar surface area (TPSA) is 49.4 Å². The van der Waals surface area contributed by atoms with Crippen molar-refractivity contribution in [3.63, 3.8) is 0 Å². The summed E-state index contributed by atoms with van der Waals surface area (Å²) in [4.78, 5) is 22.9. The lowest BCUT2D eigenvalue weighted by molar-refractivity contribution is -0.167. The van der Waals surface area contributed by atoms with E-state index in [4.69, 9.17) is 0 Å². The molecule has 2 aromatic carbocycles. The standard InChI is InChI=1S/C18H15F3N2O2S/c1-11-3-7-13(8-4-11)17(18(19,20)21)22-15(24)23(16(25)26-17)14-9-5-12(2)6-10-14/h3-10H,1-2H3,(H,22,24)/t17-/m0/s1. The molecule has 3 amide bonds. The Balaban J connectivity index is 2.03. The third-order valence-electron chi connectivity index (χ3n) is 4.06. The summed E-state index contributed by atoms with van der Waals surface area (Å²) in [5, 5.41) is 1.01. The molecule has 4 nitrogen and oxygen atoms in total. The van der Waals surface area contributed by atoms with Crippen LogP contribution in [0.1, 0.15) is 16.7 Å². The third-order valence-corrected chi connectivity index (χ3v) is 5.29. The number of amides is 3. The van der Waals surface area contributed by atoms with Crippen molar-refractivity contribution in [2.24, 2.45) is 0 Å². The summed E-state index contributed by atoms with van der Waals surface area (Å²) in [7, 11) is 0. The summed E-state index contributed by atoms with van der Waals surface area (Å²) in [5.74, 6) is 0. The van der Waals surface area contributed by atoms with Crippen LogP contribution in [-0.2, 0) is 4.87 Å². The summed E-state index contributed by atoms with van der Waals surface area (Å²) in [6.45, 7) is 3.56. The van der Waals surface area contributed by atoms with Gasteiger partial charge in [-0.1, -0.05) is 47.5 Å². The molecule has 0 unspecified atom stereocenters. The van der Waals surface area contributed by atoms with Gasteiger partial charge in [0.1, 0.15) is 0 Å². The molecule has 0 bridgehead atoms. The highest BCUT2D eigenvalue weighted by Crippen LogP contribution is 2.50. The normalized spacial score (nSPS) is 20.9. The van der Waals surface area contributed by atoms with Crippen LogP contribution >= 0.6 is 11.8 Å². The lowest BCUT2D eigenvalue weighted by Gasteiger charge is -2.41. The highest BCUT2D eigenvalue weighted by molar-refractivity contribution is 8.14. The van der Waals surface area contributed by atoms with Gasteiger partial charge in [-0.05, 0) is 43.3 Å². The first-order valence-corrected chi connectivity index (χ1v) is 8.51. The Morgan fingerprint density at radius 3 is 1.88 bits per heavy atom. The molecule has 1 aliphatic heterocycles. The van der Waals surface area contributed by atoms with Crippen LogP contribution in [0.2, 0.25) is 0 Å². The van der Waals surface area contributed by atoms with Crippen LogP contribution < -0.4 is 10.2 Å². The summed E-state index contributed by atoms with van der Waals surface area (Å²) in [5.41, 5.74) is 1.68. The van der Waals surface area contributed by atoms with Gasteiger partial charge in [-0.3, -0.25) is 4.79 Å². The van der Waals surface area contributed by atoms with E-state index in [9.17, 15) is 22.8 Å². The minimum atomic E-state index is -4.86. The summed E-state index contributed by atoms with van der Waals surface area (Å²) >= 11 is 0.0407. The number of carbonyl (C=O) groups excluding carboxylic acids is 2. The molecule has 136 valence electrons. The van der Waals surface area contributed by atoms with Crippen LogP contribution in [0.3, 0.4) is 0 Å². The van der Waals surface area contributed by atoms with E-state index in [1.807, 2.05) is 12.2 Å². The molecule has 0 radical (unpaired) electrons. The van der Waals surface area contributed by atoms with E-state index in [-0.39, 0.29) is 23.0 Å². The number of hydrogen-bond donors (Lipinski definition) is 1. The number of thioether (sulfide) groups is 1. The number of alkyl halides is 3. The zero-order chi connectivity index (χ0) is 19.1. The molecule has 0 saturated carbocycles. The zero-order valence-electron chi connectivity index (χ0n) is 13.9. The van der Waals surface area contributed by atoms with E-state index < -0.39 is 22.3 Å². The van der Waals surface area contributed by atoms with Gasteiger partial charge >= 0.3 is 12.2 Å². The second-order valence-electron chi connectivity index (χ2n) is 6.01. The third kappa shape index (κ3) is 3.05. The molecule has 1 aliphatic rings. The molecule has 1 fully saturated rings. The van der Waals surface area contributed by atoms with Gasteiger partial charge in [0, 0.05) is 0 Å². The molecule has 2 aromatic rings. The second kappa shape index (κ2) is 6.35. The van der Waals surface area contributed by atoms with Crippen molar-refractivity contribution < 1.29 is 22.8 Å². The number of aryl methyl sites for hydroxylation is 2. The number of rotatable bonds is 2. The van der Waals surface area contributed by atoms with Crippen LogP contribution in [0.5, 0.6) is 0 Å². The lowest BCUT2D eigenvalue weighted by Crippen LogP contribution is -2.62. The number of nitrogens with one attached hydrogen (secondary N) is 1. The number of carbonyl (C=O) groups is 2. The lowest BCUT2D eigenvalue weighted by atomic mass is 10.0. The Kier molecular flexibility index (Phi) is 4.47. The van der Waals surface area contributed by atoms with E-state index in [1.165, 1.54) is 36.4 Å². The average molecular weight is 380 g/mol. The Bertz CT molecular complexity index is 830. The van der Waals surface area contributed by atoms with Gasteiger partial charge in [-0.15, -0.1) is 0 Å². The Labute approximate surface area is 152 Å². The van der Waals surface area contributed by atoms with Gasteiger partial charge in [0.25, 0.3) is 5.24 Å². The SMILES string of the molecule is Cc1ccc(N2C(=O)N[C@](c3ccc(C)cc3)(C(F)(F)F)SC2=O)cc1. The predicted molar refractivity (Wildman–Crippen MR) is 94.1 cm³/mol. The maximum absolute atomic E-state index is 13.9. The first-order chi connectivity index (χ1) is 12.1. The number of halogens is 3. The molecule has 1 saturated heterocycles. The van der Waals surface area contributed by atoms with Crippen LogP contribution in [0.15, 0.2) is 48.5 Å². The summed E-state index contributed by atoms with van der Waals surface area (Å²) in [6, 6.07) is 10.8. The van der Waals surface area contributed by atoms with Crippen molar-refractivity contribution in [1.29, 1.82) is 0 Å². The van der Waals surface area contributed by atoms with Gasteiger partial charge in [-0.25, -0.2) is 9.69 Å². The zero-order valence-corrected chi connectivity index (χ0v) is 14.7. The molecule has 1 N–H and O–H groups in total. The fourth-order valence-electron chi connectivity index (χ4n) is 2.62. The molecule has 26 heavy (non-hydrogen) atoms. The van der Waals surface area contributed by atoms with Crippen molar-refractivity contribution in [1.82, 2.24) is 5.32 Å². The number of hydrogen-bond acceptors (Lipinski definition) is 3.